The number of amides is 1. The van der Waals surface area contributed by atoms with Crippen molar-refractivity contribution >= 4 is 5.91 Å². The minimum absolute atomic E-state index is 0.0169. The number of hydrogen-bond acceptors (Lipinski definition) is 1. The molecule has 0 aliphatic heterocycles. The highest BCUT2D eigenvalue weighted by molar-refractivity contribution is 5.83. The summed E-state index contributed by atoms with van der Waals surface area (Å²) in [7, 11) is 0. The number of nitrogens with one attached hydrogen (secondary N) is 1. The fourth-order valence-electron chi connectivity index (χ4n) is 8.34. The molecular weight excluding hydrogens is 282 g/mol. The lowest BCUT2D eigenvalue weighted by atomic mass is 9.49. The summed E-state index contributed by atoms with van der Waals surface area (Å²) in [5, 5.41) is 3.66. The van der Waals surface area contributed by atoms with Crippen LogP contribution in [0.25, 0.3) is 0 Å². The van der Waals surface area contributed by atoms with Crippen molar-refractivity contribution in [1.82, 2.24) is 5.32 Å². The van der Waals surface area contributed by atoms with Gasteiger partial charge in [-0.2, -0.15) is 0 Å². The standard InChI is InChI=1S/C21H33NO/c1-19(2)16-4-5-20(3,12-16)17(19)22-18(23)21-9-13-6-14(10-21)8-15(7-13)11-21/h13-17H,4-12H2,1-3H3,(H,22,23)/t13?,14?,15?,16-,17-,20+,21?/m0/s1. The van der Waals surface area contributed by atoms with E-state index in [-0.39, 0.29) is 10.8 Å². The smallest absolute Gasteiger partial charge is 0.226 e. The van der Waals surface area contributed by atoms with Crippen LogP contribution in [-0.4, -0.2) is 11.9 Å². The fraction of sp³-hybridized carbons (Fsp3) is 0.952. The lowest BCUT2D eigenvalue weighted by molar-refractivity contribution is -0.149. The summed E-state index contributed by atoms with van der Waals surface area (Å²) >= 11 is 0. The quantitative estimate of drug-likeness (QED) is 0.796. The van der Waals surface area contributed by atoms with Gasteiger partial charge in [0.25, 0.3) is 0 Å². The molecule has 1 N–H and O–H groups in total. The van der Waals surface area contributed by atoms with E-state index >= 15 is 0 Å². The van der Waals surface area contributed by atoms with Crippen molar-refractivity contribution in [1.29, 1.82) is 0 Å². The van der Waals surface area contributed by atoms with Crippen molar-refractivity contribution in [3.63, 3.8) is 0 Å². The molecule has 128 valence electrons. The van der Waals surface area contributed by atoms with E-state index in [1.54, 1.807) is 0 Å². The van der Waals surface area contributed by atoms with Gasteiger partial charge in [-0.25, -0.2) is 0 Å². The molecule has 6 bridgehead atoms. The number of carbonyl (C=O) groups is 1. The highest BCUT2D eigenvalue weighted by atomic mass is 16.2. The molecule has 0 aromatic rings. The van der Waals surface area contributed by atoms with Crippen LogP contribution in [0, 0.1) is 39.9 Å². The monoisotopic (exact) mass is 315 g/mol. The molecule has 23 heavy (non-hydrogen) atoms. The summed E-state index contributed by atoms with van der Waals surface area (Å²) in [5.41, 5.74) is 0.653. The third-order valence-electron chi connectivity index (χ3n) is 9.07. The van der Waals surface area contributed by atoms with Crippen LogP contribution < -0.4 is 5.32 Å². The lowest BCUT2D eigenvalue weighted by Crippen LogP contribution is -2.59. The predicted molar refractivity (Wildman–Crippen MR) is 91.8 cm³/mol. The van der Waals surface area contributed by atoms with E-state index in [0.29, 0.717) is 17.4 Å². The minimum Gasteiger partial charge on any atom is -0.352 e. The Morgan fingerprint density at radius 3 is 1.96 bits per heavy atom. The Morgan fingerprint density at radius 1 is 0.913 bits per heavy atom. The molecule has 0 aromatic heterocycles. The van der Waals surface area contributed by atoms with Gasteiger partial charge in [-0.05, 0) is 92.3 Å². The van der Waals surface area contributed by atoms with Crippen LogP contribution in [0.2, 0.25) is 0 Å². The Kier molecular flexibility index (Phi) is 2.80. The predicted octanol–water partition coefficient (Wildman–Crippen LogP) is 4.53. The summed E-state index contributed by atoms with van der Waals surface area (Å²) in [5.74, 6) is 3.83. The second-order valence-corrected chi connectivity index (χ2v) is 11.0. The van der Waals surface area contributed by atoms with Gasteiger partial charge >= 0.3 is 0 Å². The summed E-state index contributed by atoms with van der Waals surface area (Å²) in [4.78, 5) is 13.4. The average molecular weight is 316 g/mol. The third-order valence-corrected chi connectivity index (χ3v) is 9.07. The Hall–Kier alpha value is -0.530. The van der Waals surface area contributed by atoms with Gasteiger partial charge in [0.1, 0.15) is 0 Å². The van der Waals surface area contributed by atoms with E-state index in [4.69, 9.17) is 0 Å². The van der Waals surface area contributed by atoms with Crippen molar-refractivity contribution in [3.8, 4) is 0 Å². The maximum atomic E-state index is 13.4. The first-order valence-corrected chi connectivity index (χ1v) is 10.1. The molecule has 6 aliphatic carbocycles. The lowest BCUT2D eigenvalue weighted by Gasteiger charge is -2.56. The molecule has 6 fully saturated rings. The highest BCUT2D eigenvalue weighted by Crippen LogP contribution is 2.64. The Morgan fingerprint density at radius 2 is 1.48 bits per heavy atom. The fourth-order valence-corrected chi connectivity index (χ4v) is 8.34. The molecule has 0 saturated heterocycles. The van der Waals surface area contributed by atoms with Gasteiger partial charge in [0.15, 0.2) is 0 Å². The van der Waals surface area contributed by atoms with Gasteiger partial charge < -0.3 is 5.32 Å². The van der Waals surface area contributed by atoms with Gasteiger partial charge in [0.2, 0.25) is 5.91 Å². The number of fused-ring (bicyclic) bond motifs is 2. The normalized spacial score (nSPS) is 55.3. The van der Waals surface area contributed by atoms with E-state index in [2.05, 4.69) is 26.1 Å². The molecule has 3 atom stereocenters. The molecule has 2 nitrogen and oxygen atoms in total. The first kappa shape index (κ1) is 14.8. The summed E-state index contributed by atoms with van der Waals surface area (Å²) in [6.07, 6.45) is 11.8. The zero-order chi connectivity index (χ0) is 16.0. The molecule has 0 heterocycles. The molecule has 0 spiro atoms. The number of rotatable bonds is 2. The van der Waals surface area contributed by atoms with Crippen molar-refractivity contribution in [3.05, 3.63) is 0 Å². The van der Waals surface area contributed by atoms with Gasteiger partial charge in [-0.3, -0.25) is 4.79 Å². The summed E-state index contributed by atoms with van der Waals surface area (Å²) in [6, 6.07) is 0.397. The number of hydrogen-bond donors (Lipinski definition) is 1. The molecular formula is C21H33NO. The minimum atomic E-state index is 0.0169. The van der Waals surface area contributed by atoms with Crippen LogP contribution >= 0.6 is 0 Å². The first-order chi connectivity index (χ1) is 10.8. The summed E-state index contributed by atoms with van der Waals surface area (Å²) in [6.45, 7) is 7.26. The van der Waals surface area contributed by atoms with E-state index in [1.807, 2.05) is 0 Å². The third kappa shape index (κ3) is 1.90. The van der Waals surface area contributed by atoms with Gasteiger partial charge in [-0.15, -0.1) is 0 Å². The number of carbonyl (C=O) groups excluding carboxylic acids is 1. The molecule has 2 heteroatoms. The first-order valence-electron chi connectivity index (χ1n) is 10.1. The molecule has 1 amide bonds. The Bertz CT molecular complexity index is 510. The molecule has 6 saturated carbocycles. The van der Waals surface area contributed by atoms with Crippen LogP contribution in [0.1, 0.15) is 78.6 Å². The maximum Gasteiger partial charge on any atom is 0.226 e. The maximum absolute atomic E-state index is 13.4. The van der Waals surface area contributed by atoms with E-state index in [9.17, 15) is 4.79 Å². The van der Waals surface area contributed by atoms with Crippen molar-refractivity contribution in [2.75, 3.05) is 0 Å². The van der Waals surface area contributed by atoms with Crippen LogP contribution in [0.4, 0.5) is 0 Å². The molecule has 0 aromatic carbocycles. The van der Waals surface area contributed by atoms with Crippen molar-refractivity contribution in [2.45, 2.75) is 84.6 Å². The molecule has 6 aliphatic rings. The van der Waals surface area contributed by atoms with Crippen molar-refractivity contribution in [2.24, 2.45) is 39.9 Å². The average Bonchev–Trinajstić information content (AvgIpc) is 2.93. The zero-order valence-corrected chi connectivity index (χ0v) is 15.2. The van der Waals surface area contributed by atoms with Gasteiger partial charge in [-0.1, -0.05) is 20.8 Å². The highest BCUT2D eigenvalue weighted by Gasteiger charge is 2.61. The largest absolute Gasteiger partial charge is 0.352 e. The second-order valence-electron chi connectivity index (χ2n) is 11.0. The van der Waals surface area contributed by atoms with Gasteiger partial charge in [0.05, 0.1) is 0 Å². The van der Waals surface area contributed by atoms with Crippen LogP contribution in [0.5, 0.6) is 0 Å². The molecule has 6 rings (SSSR count). The van der Waals surface area contributed by atoms with E-state index in [0.717, 1.165) is 23.7 Å². The second kappa shape index (κ2) is 4.35. The van der Waals surface area contributed by atoms with E-state index < -0.39 is 0 Å². The Labute approximate surface area is 141 Å². The SMILES string of the molecule is CC1(C)[C@H]2CC[C@](C)(C2)[C@H]1NC(=O)C12CC3CC(CC(C3)C1)C2. The zero-order valence-electron chi connectivity index (χ0n) is 15.2. The molecule has 0 unspecified atom stereocenters. The van der Waals surface area contributed by atoms with Crippen LogP contribution in [0.15, 0.2) is 0 Å². The Balaban J connectivity index is 1.40. The van der Waals surface area contributed by atoms with Crippen LogP contribution in [-0.2, 0) is 4.79 Å². The summed E-state index contributed by atoms with van der Waals surface area (Å²) < 4.78 is 0. The van der Waals surface area contributed by atoms with E-state index in [1.165, 1.54) is 57.8 Å². The molecule has 0 radical (unpaired) electrons. The van der Waals surface area contributed by atoms with Crippen molar-refractivity contribution < 1.29 is 4.79 Å². The van der Waals surface area contributed by atoms with Gasteiger partial charge in [0, 0.05) is 11.5 Å². The topological polar surface area (TPSA) is 29.1 Å². The van der Waals surface area contributed by atoms with Crippen LogP contribution in [0.3, 0.4) is 0 Å².